The number of halogens is 3. The third kappa shape index (κ3) is 5.07. The van der Waals surface area contributed by atoms with Crippen molar-refractivity contribution < 1.29 is 22.8 Å². The summed E-state index contributed by atoms with van der Waals surface area (Å²) < 4.78 is 41.3. The molecule has 3 aliphatic heterocycles. The van der Waals surface area contributed by atoms with Crippen molar-refractivity contribution in [2.45, 2.75) is 37.4 Å². The van der Waals surface area contributed by atoms with Crippen molar-refractivity contribution >= 4 is 11.8 Å². The molecule has 5 rings (SSSR count). The predicted octanol–water partition coefficient (Wildman–Crippen LogP) is 0.797. The number of carbonyl (C=O) groups excluding carboxylic acids is 2. The smallest absolute Gasteiger partial charge is 0.291 e. The lowest BCUT2D eigenvalue weighted by molar-refractivity contribution is -0.131. The van der Waals surface area contributed by atoms with Crippen molar-refractivity contribution in [2.75, 3.05) is 33.2 Å². The number of benzene rings is 1. The summed E-state index contributed by atoms with van der Waals surface area (Å²) in [5, 5.41) is 8.67. The van der Waals surface area contributed by atoms with E-state index in [2.05, 4.69) is 20.8 Å². The van der Waals surface area contributed by atoms with Gasteiger partial charge in [0.15, 0.2) is 0 Å². The van der Waals surface area contributed by atoms with E-state index in [9.17, 15) is 22.8 Å². The molecule has 1 aromatic heterocycles. The van der Waals surface area contributed by atoms with E-state index in [1.807, 2.05) is 11.1 Å². The quantitative estimate of drug-likeness (QED) is 0.576. The number of fused-ring (bicyclic) bond motifs is 1. The number of hydrazine groups is 1. The van der Waals surface area contributed by atoms with E-state index >= 15 is 0 Å². The van der Waals surface area contributed by atoms with Crippen LogP contribution in [0.4, 0.5) is 13.2 Å². The summed E-state index contributed by atoms with van der Waals surface area (Å²) in [6, 6.07) is 5.42. The lowest BCUT2D eigenvalue weighted by atomic mass is 10.1. The molecule has 3 aliphatic rings. The molecule has 0 aliphatic carbocycles. The minimum atomic E-state index is -2.59. The third-order valence-corrected chi connectivity index (χ3v) is 6.56. The summed E-state index contributed by atoms with van der Waals surface area (Å²) in [7, 11) is 1.63. The highest BCUT2D eigenvalue weighted by Crippen LogP contribution is 2.28. The molecule has 13 heteroatoms. The van der Waals surface area contributed by atoms with Crippen molar-refractivity contribution in [3.63, 3.8) is 0 Å². The maximum atomic E-state index is 13.9. The van der Waals surface area contributed by atoms with Crippen LogP contribution in [0.1, 0.15) is 29.0 Å². The molecule has 2 saturated heterocycles. The molecular formula is C23H27F3N8O2. The Kier molecular flexibility index (Phi) is 6.43. The predicted molar refractivity (Wildman–Crippen MR) is 122 cm³/mol. The number of rotatable bonds is 7. The van der Waals surface area contributed by atoms with Gasteiger partial charge in [0.25, 0.3) is 17.7 Å². The summed E-state index contributed by atoms with van der Waals surface area (Å²) in [6.45, 7) is 0.693. The highest BCUT2D eigenvalue weighted by Gasteiger charge is 2.44. The van der Waals surface area contributed by atoms with Crippen molar-refractivity contribution in [1.82, 2.24) is 40.3 Å². The van der Waals surface area contributed by atoms with Crippen LogP contribution in [0.15, 0.2) is 42.5 Å². The SMILES string of the molecule is CN1C(=O)C(NC(=O)c2ncn(Cc3ccccc3F)n2)CCN2NC(CCN3CC(F)(F)C3)C=C21. The Labute approximate surface area is 205 Å². The number of alkyl halides is 2. The molecule has 2 amide bonds. The molecule has 2 N–H and O–H groups in total. The van der Waals surface area contributed by atoms with Crippen LogP contribution in [-0.2, 0) is 11.3 Å². The Bertz CT molecular complexity index is 1180. The zero-order valence-electron chi connectivity index (χ0n) is 19.7. The molecule has 0 spiro atoms. The highest BCUT2D eigenvalue weighted by molar-refractivity contribution is 5.95. The summed E-state index contributed by atoms with van der Waals surface area (Å²) in [5.41, 5.74) is 3.72. The van der Waals surface area contributed by atoms with Gasteiger partial charge in [0.05, 0.1) is 19.6 Å². The van der Waals surface area contributed by atoms with Gasteiger partial charge in [-0.1, -0.05) is 18.2 Å². The first kappa shape index (κ1) is 24.3. The van der Waals surface area contributed by atoms with Gasteiger partial charge in [-0.05, 0) is 25.0 Å². The standard InChI is InChI=1S/C23H27F3N8O2/c1-31-19-10-16(6-8-32-12-23(25,26)13-32)29-34(19)9-7-18(22(31)36)28-21(35)20-27-14-33(30-20)11-15-4-2-3-5-17(15)24/h2-5,10,14,16,18,29H,6-9,11-13H2,1H3,(H,28,35). The van der Waals surface area contributed by atoms with Gasteiger partial charge < -0.3 is 5.32 Å². The Morgan fingerprint density at radius 2 is 2.06 bits per heavy atom. The van der Waals surface area contributed by atoms with Gasteiger partial charge in [-0.15, -0.1) is 5.10 Å². The first-order valence-corrected chi connectivity index (χ1v) is 11.8. The fourth-order valence-corrected chi connectivity index (χ4v) is 4.64. The fourth-order valence-electron chi connectivity index (χ4n) is 4.64. The number of likely N-dealkylation sites (tertiary alicyclic amines) is 1. The lowest BCUT2D eigenvalue weighted by Crippen LogP contribution is -2.56. The van der Waals surface area contributed by atoms with E-state index < -0.39 is 17.9 Å². The van der Waals surface area contributed by atoms with Crippen molar-refractivity contribution in [2.24, 2.45) is 0 Å². The first-order chi connectivity index (χ1) is 17.2. The van der Waals surface area contributed by atoms with Gasteiger partial charge in [-0.25, -0.2) is 28.3 Å². The molecule has 10 nitrogen and oxygen atoms in total. The number of nitrogens with zero attached hydrogens (tertiary/aromatic N) is 6. The molecule has 2 fully saturated rings. The number of nitrogens with one attached hydrogen (secondary N) is 2. The Morgan fingerprint density at radius 1 is 1.28 bits per heavy atom. The molecule has 2 aromatic rings. The van der Waals surface area contributed by atoms with Gasteiger partial charge in [0.1, 0.15) is 24.0 Å². The largest absolute Gasteiger partial charge is 0.337 e. The number of hydrogen-bond donors (Lipinski definition) is 2. The van der Waals surface area contributed by atoms with Gasteiger partial charge in [-0.3, -0.25) is 24.4 Å². The van der Waals surface area contributed by atoms with Crippen molar-refractivity contribution in [1.29, 1.82) is 0 Å². The van der Waals surface area contributed by atoms with Crippen LogP contribution in [0.3, 0.4) is 0 Å². The van der Waals surface area contributed by atoms with Gasteiger partial charge in [0.2, 0.25) is 5.82 Å². The molecular weight excluding hydrogens is 477 g/mol. The normalized spacial score (nSPS) is 23.7. The molecule has 0 radical (unpaired) electrons. The van der Waals surface area contributed by atoms with E-state index in [1.54, 1.807) is 30.1 Å². The van der Waals surface area contributed by atoms with Gasteiger partial charge >= 0.3 is 0 Å². The van der Waals surface area contributed by atoms with Crippen LogP contribution in [0.5, 0.6) is 0 Å². The van der Waals surface area contributed by atoms with E-state index in [1.165, 1.54) is 22.0 Å². The average Bonchev–Trinajstić information content (AvgIpc) is 3.44. The van der Waals surface area contributed by atoms with Crippen LogP contribution in [-0.4, -0.2) is 92.6 Å². The summed E-state index contributed by atoms with van der Waals surface area (Å²) in [5.74, 6) is -3.28. The average molecular weight is 505 g/mol. The Balaban J connectivity index is 1.17. The van der Waals surface area contributed by atoms with Crippen LogP contribution >= 0.6 is 0 Å². The van der Waals surface area contributed by atoms with E-state index in [0.717, 1.165) is 0 Å². The maximum absolute atomic E-state index is 13.9. The second kappa shape index (κ2) is 9.54. The number of amides is 2. The third-order valence-electron chi connectivity index (χ3n) is 6.56. The van der Waals surface area contributed by atoms with Crippen LogP contribution in [0, 0.1) is 5.82 Å². The van der Waals surface area contributed by atoms with E-state index in [-0.39, 0.29) is 43.2 Å². The van der Waals surface area contributed by atoms with E-state index in [0.29, 0.717) is 37.3 Å². The molecule has 192 valence electrons. The molecule has 2 unspecified atom stereocenters. The summed E-state index contributed by atoms with van der Waals surface area (Å²) in [4.78, 5) is 33.0. The lowest BCUT2D eigenvalue weighted by Gasteiger charge is -2.39. The summed E-state index contributed by atoms with van der Waals surface area (Å²) >= 11 is 0. The molecule has 2 atom stereocenters. The monoisotopic (exact) mass is 504 g/mol. The topological polar surface area (TPSA) is 98.6 Å². The van der Waals surface area contributed by atoms with Crippen LogP contribution in [0.2, 0.25) is 0 Å². The van der Waals surface area contributed by atoms with Crippen LogP contribution in [0.25, 0.3) is 0 Å². The molecule has 0 saturated carbocycles. The van der Waals surface area contributed by atoms with E-state index in [4.69, 9.17) is 0 Å². The number of likely N-dealkylation sites (N-methyl/N-ethyl adjacent to an activating group) is 1. The Morgan fingerprint density at radius 3 is 2.81 bits per heavy atom. The van der Waals surface area contributed by atoms with Gasteiger partial charge in [0, 0.05) is 31.7 Å². The van der Waals surface area contributed by atoms with Crippen LogP contribution < -0.4 is 10.7 Å². The fraction of sp³-hybridized carbons (Fsp3) is 0.478. The zero-order valence-corrected chi connectivity index (χ0v) is 19.7. The molecule has 1 aromatic carbocycles. The van der Waals surface area contributed by atoms with Crippen molar-refractivity contribution in [3.8, 4) is 0 Å². The zero-order chi connectivity index (χ0) is 25.4. The second-order valence-corrected chi connectivity index (χ2v) is 9.34. The second-order valence-electron chi connectivity index (χ2n) is 9.34. The van der Waals surface area contributed by atoms with Crippen molar-refractivity contribution in [3.05, 3.63) is 59.7 Å². The maximum Gasteiger partial charge on any atom is 0.291 e. The molecule has 0 bridgehead atoms. The number of carbonyl (C=O) groups is 2. The van der Waals surface area contributed by atoms with Gasteiger partial charge in [-0.2, -0.15) is 0 Å². The molecule has 36 heavy (non-hydrogen) atoms. The minimum Gasteiger partial charge on any atom is -0.337 e. The summed E-state index contributed by atoms with van der Waals surface area (Å²) in [6.07, 6.45) is 4.24. The minimum absolute atomic E-state index is 0.0711. The first-order valence-electron chi connectivity index (χ1n) is 11.8. The highest BCUT2D eigenvalue weighted by atomic mass is 19.3. The Hall–Kier alpha value is -3.45. The molecule has 4 heterocycles. The number of hydrogen-bond acceptors (Lipinski definition) is 7. The number of aromatic nitrogens is 3.